The number of nitrogens with zero attached hydrogens (tertiary/aromatic N) is 3. The molecule has 10 heteroatoms. The van der Waals surface area contributed by atoms with E-state index in [4.69, 9.17) is 31.5 Å². The number of carbonyl (C=O) groups excluding carboxylic acids is 1. The summed E-state index contributed by atoms with van der Waals surface area (Å²) in [5.41, 5.74) is 3.60. The van der Waals surface area contributed by atoms with Crippen LogP contribution in [0.5, 0.6) is 17.2 Å². The third-order valence-corrected chi connectivity index (χ3v) is 8.04. The summed E-state index contributed by atoms with van der Waals surface area (Å²) in [5.74, 6) is 0.815. The van der Waals surface area contributed by atoms with Crippen LogP contribution in [-0.2, 0) is 11.2 Å². The molecular formula is C32H30FN3O4S2. The number of thioether (sulfide) groups is 1. The summed E-state index contributed by atoms with van der Waals surface area (Å²) >= 11 is 6.83. The van der Waals surface area contributed by atoms with Crippen LogP contribution in [0.15, 0.2) is 77.8 Å². The van der Waals surface area contributed by atoms with Gasteiger partial charge in [-0.05, 0) is 66.9 Å². The lowest BCUT2D eigenvalue weighted by Gasteiger charge is -2.15. The molecule has 3 aromatic carbocycles. The summed E-state index contributed by atoms with van der Waals surface area (Å²) in [7, 11) is 3.18. The van der Waals surface area contributed by atoms with Gasteiger partial charge in [0.15, 0.2) is 23.1 Å². The lowest BCUT2D eigenvalue weighted by Crippen LogP contribution is -2.30. The van der Waals surface area contributed by atoms with Crippen LogP contribution in [0.1, 0.15) is 24.5 Å². The molecule has 0 saturated carbocycles. The summed E-state index contributed by atoms with van der Waals surface area (Å²) in [6.07, 6.45) is 4.97. The Balaban J connectivity index is 1.43. The number of para-hydroxylation sites is 1. The van der Waals surface area contributed by atoms with Gasteiger partial charge in [-0.15, -0.1) is 0 Å². The van der Waals surface area contributed by atoms with Crippen molar-refractivity contribution in [3.05, 3.63) is 94.8 Å². The van der Waals surface area contributed by atoms with E-state index in [2.05, 4.69) is 0 Å². The summed E-state index contributed by atoms with van der Waals surface area (Å²) in [5, 5.41) is 4.77. The predicted octanol–water partition coefficient (Wildman–Crippen LogP) is 6.93. The molecule has 0 unspecified atom stereocenters. The van der Waals surface area contributed by atoms with Crippen LogP contribution < -0.4 is 14.2 Å². The van der Waals surface area contributed by atoms with Crippen LogP contribution >= 0.6 is 24.0 Å². The summed E-state index contributed by atoms with van der Waals surface area (Å²) < 4.78 is 33.4. The van der Waals surface area contributed by atoms with E-state index in [0.717, 1.165) is 17.7 Å². The molecular weight excluding hydrogens is 574 g/mol. The molecule has 0 aliphatic carbocycles. The summed E-state index contributed by atoms with van der Waals surface area (Å²) in [4.78, 5) is 15.6. The quantitative estimate of drug-likeness (QED) is 0.136. The van der Waals surface area contributed by atoms with Gasteiger partial charge < -0.3 is 14.2 Å². The van der Waals surface area contributed by atoms with Crippen LogP contribution in [0.2, 0.25) is 0 Å². The number of ether oxygens (including phenoxy) is 3. The zero-order valence-corrected chi connectivity index (χ0v) is 25.1. The van der Waals surface area contributed by atoms with Gasteiger partial charge in [0.05, 0.1) is 31.4 Å². The van der Waals surface area contributed by atoms with E-state index in [1.807, 2.05) is 61.7 Å². The van der Waals surface area contributed by atoms with Crippen LogP contribution in [0.4, 0.5) is 4.39 Å². The fraction of sp³-hybridized carbons (Fsp3) is 0.219. The van der Waals surface area contributed by atoms with Gasteiger partial charge in [0, 0.05) is 23.9 Å². The minimum atomic E-state index is -0.470. The standard InChI is InChI=1S/C32H30FN3O4S2/c1-4-16-40-26-13-11-22(18-25(26)33)30-23(20-36(34-30)24-8-6-5-7-9-24)19-29-31(37)35(32(41)42-29)15-14-21-10-12-27(38-2)28(17-21)39-3/h5-13,17-20H,4,14-16H2,1-3H3/b29-19-. The highest BCUT2D eigenvalue weighted by atomic mass is 32.2. The average Bonchev–Trinajstić information content (AvgIpc) is 3.55. The second kappa shape index (κ2) is 13.2. The third kappa shape index (κ3) is 6.34. The Morgan fingerprint density at radius 2 is 1.76 bits per heavy atom. The normalized spacial score (nSPS) is 14.1. The van der Waals surface area contributed by atoms with E-state index in [0.29, 0.717) is 57.1 Å². The number of rotatable bonds is 11. The summed E-state index contributed by atoms with van der Waals surface area (Å²) in [6, 6.07) is 20.1. The van der Waals surface area contributed by atoms with Crippen molar-refractivity contribution in [1.29, 1.82) is 0 Å². The number of aromatic nitrogens is 2. The molecule has 1 aliphatic rings. The number of thiocarbonyl (C=S) groups is 1. The fourth-order valence-electron chi connectivity index (χ4n) is 4.52. The molecule has 1 amide bonds. The Kier molecular flexibility index (Phi) is 9.24. The predicted molar refractivity (Wildman–Crippen MR) is 168 cm³/mol. The van der Waals surface area contributed by atoms with E-state index in [-0.39, 0.29) is 11.7 Å². The Morgan fingerprint density at radius 3 is 2.48 bits per heavy atom. The maximum atomic E-state index is 14.9. The second-order valence-corrected chi connectivity index (χ2v) is 11.2. The van der Waals surface area contributed by atoms with Gasteiger partial charge in [-0.1, -0.05) is 55.2 Å². The number of halogens is 1. The highest BCUT2D eigenvalue weighted by molar-refractivity contribution is 8.26. The lowest BCUT2D eigenvalue weighted by atomic mass is 10.1. The SMILES string of the molecule is CCCOc1ccc(-c2nn(-c3ccccc3)cc2/C=C2\SC(=S)N(CCc3ccc(OC)c(OC)c3)C2=O)cc1F. The molecule has 1 aliphatic heterocycles. The number of benzene rings is 3. The molecule has 4 aromatic rings. The molecule has 0 bridgehead atoms. The second-order valence-electron chi connectivity index (χ2n) is 9.48. The van der Waals surface area contributed by atoms with E-state index >= 15 is 0 Å². The monoisotopic (exact) mass is 603 g/mol. The third-order valence-electron chi connectivity index (χ3n) is 6.66. The number of hydrogen-bond donors (Lipinski definition) is 0. The molecule has 5 rings (SSSR count). The zero-order chi connectivity index (χ0) is 29.6. The number of amides is 1. The molecule has 1 aromatic heterocycles. The molecule has 7 nitrogen and oxygen atoms in total. The van der Waals surface area contributed by atoms with Crippen molar-refractivity contribution in [1.82, 2.24) is 14.7 Å². The fourth-order valence-corrected chi connectivity index (χ4v) is 5.82. The zero-order valence-electron chi connectivity index (χ0n) is 23.5. The van der Waals surface area contributed by atoms with Gasteiger partial charge in [-0.2, -0.15) is 5.10 Å². The van der Waals surface area contributed by atoms with E-state index < -0.39 is 5.82 Å². The molecule has 0 spiro atoms. The Hall–Kier alpha value is -4.15. The van der Waals surface area contributed by atoms with Gasteiger partial charge in [0.2, 0.25) is 0 Å². The van der Waals surface area contributed by atoms with Gasteiger partial charge in [0.25, 0.3) is 5.91 Å². The Bertz CT molecular complexity index is 1640. The van der Waals surface area contributed by atoms with Crippen molar-refractivity contribution >= 4 is 40.3 Å². The average molecular weight is 604 g/mol. The van der Waals surface area contributed by atoms with Gasteiger partial charge in [-0.3, -0.25) is 9.69 Å². The van der Waals surface area contributed by atoms with Gasteiger partial charge >= 0.3 is 0 Å². The Morgan fingerprint density at radius 1 is 1.00 bits per heavy atom. The largest absolute Gasteiger partial charge is 0.493 e. The number of carbonyl (C=O) groups is 1. The van der Waals surface area contributed by atoms with E-state index in [9.17, 15) is 9.18 Å². The molecule has 1 saturated heterocycles. The molecule has 0 atom stereocenters. The minimum Gasteiger partial charge on any atom is -0.493 e. The van der Waals surface area contributed by atoms with Crippen LogP contribution in [0, 0.1) is 5.82 Å². The first kappa shape index (κ1) is 29.3. The first-order chi connectivity index (χ1) is 20.4. The maximum absolute atomic E-state index is 14.9. The van der Waals surface area contributed by atoms with Gasteiger partial charge in [0.1, 0.15) is 10.0 Å². The summed E-state index contributed by atoms with van der Waals surface area (Å²) in [6.45, 7) is 2.81. The van der Waals surface area contributed by atoms with Crippen molar-refractivity contribution in [2.75, 3.05) is 27.4 Å². The van der Waals surface area contributed by atoms with Crippen LogP contribution in [0.3, 0.4) is 0 Å². The highest BCUT2D eigenvalue weighted by Crippen LogP contribution is 2.36. The number of methoxy groups -OCH3 is 2. The van der Waals surface area contributed by atoms with Crippen molar-refractivity contribution in [3.8, 4) is 34.2 Å². The minimum absolute atomic E-state index is 0.182. The van der Waals surface area contributed by atoms with Crippen LogP contribution in [-0.4, -0.2) is 52.3 Å². The molecule has 216 valence electrons. The van der Waals surface area contributed by atoms with Crippen LogP contribution in [0.25, 0.3) is 23.0 Å². The first-order valence-electron chi connectivity index (χ1n) is 13.5. The first-order valence-corrected chi connectivity index (χ1v) is 14.7. The van der Waals surface area contributed by atoms with Crippen molar-refractivity contribution in [2.45, 2.75) is 19.8 Å². The molecule has 0 radical (unpaired) electrons. The van der Waals surface area contributed by atoms with Gasteiger partial charge in [-0.25, -0.2) is 9.07 Å². The maximum Gasteiger partial charge on any atom is 0.266 e. The Labute approximate surface area is 253 Å². The molecule has 0 N–H and O–H groups in total. The van der Waals surface area contributed by atoms with E-state index in [1.54, 1.807) is 42.0 Å². The van der Waals surface area contributed by atoms with Crippen molar-refractivity contribution < 1.29 is 23.4 Å². The molecule has 42 heavy (non-hydrogen) atoms. The van der Waals surface area contributed by atoms with E-state index in [1.165, 1.54) is 17.8 Å². The number of hydrogen-bond acceptors (Lipinski definition) is 7. The highest BCUT2D eigenvalue weighted by Gasteiger charge is 2.32. The molecule has 2 heterocycles. The van der Waals surface area contributed by atoms with Crippen molar-refractivity contribution in [3.63, 3.8) is 0 Å². The topological polar surface area (TPSA) is 65.8 Å². The van der Waals surface area contributed by atoms with Crippen molar-refractivity contribution in [2.24, 2.45) is 0 Å². The lowest BCUT2D eigenvalue weighted by molar-refractivity contribution is -0.122. The molecule has 1 fully saturated rings. The smallest absolute Gasteiger partial charge is 0.266 e.